The zero-order valence-electron chi connectivity index (χ0n) is 11.1. The van der Waals surface area contributed by atoms with Crippen molar-refractivity contribution in [3.8, 4) is 0 Å². The third-order valence-electron chi connectivity index (χ3n) is 2.63. The number of anilines is 1. The maximum atomic E-state index is 12.8. The summed E-state index contributed by atoms with van der Waals surface area (Å²) in [4.78, 5) is 20.5. The number of nitrogens with zero attached hydrogens (tertiary/aromatic N) is 2. The molecule has 0 spiro atoms. The van der Waals surface area contributed by atoms with Gasteiger partial charge in [0.25, 0.3) is 0 Å². The van der Waals surface area contributed by atoms with Crippen LogP contribution in [0.2, 0.25) is 0 Å². The molecule has 1 atom stereocenters. The summed E-state index contributed by atoms with van der Waals surface area (Å²) < 4.78 is 12.8. The fraction of sp³-hybridized carbons (Fsp3) is 0.214. The fourth-order valence-corrected chi connectivity index (χ4v) is 2.59. The van der Waals surface area contributed by atoms with Gasteiger partial charge in [-0.15, -0.1) is 0 Å². The average Bonchev–Trinajstić information content (AvgIpc) is 2.37. The highest BCUT2D eigenvalue weighted by Crippen LogP contribution is 2.23. The summed E-state index contributed by atoms with van der Waals surface area (Å²) in [7, 11) is 0. The Kier molecular flexibility index (Phi) is 4.34. The lowest BCUT2D eigenvalue weighted by molar-refractivity contribution is 0.0994. The minimum absolute atomic E-state index is 0.0984. The second-order valence-corrected chi connectivity index (χ2v) is 5.66. The highest BCUT2D eigenvalue weighted by atomic mass is 32.2. The molecule has 20 heavy (non-hydrogen) atoms. The van der Waals surface area contributed by atoms with Crippen molar-refractivity contribution in [3.05, 3.63) is 47.4 Å². The number of aromatic nitrogens is 2. The minimum Gasteiger partial charge on any atom is -0.384 e. The quantitative estimate of drug-likeness (QED) is 0.533. The van der Waals surface area contributed by atoms with E-state index in [1.165, 1.54) is 36.0 Å². The second kappa shape index (κ2) is 6.00. The number of rotatable bonds is 4. The van der Waals surface area contributed by atoms with Crippen LogP contribution >= 0.6 is 11.8 Å². The summed E-state index contributed by atoms with van der Waals surface area (Å²) in [5.41, 5.74) is 6.86. The predicted molar refractivity (Wildman–Crippen MR) is 77.2 cm³/mol. The third-order valence-corrected chi connectivity index (χ3v) is 3.59. The molecule has 0 radical (unpaired) electrons. The van der Waals surface area contributed by atoms with Crippen LogP contribution < -0.4 is 5.73 Å². The Morgan fingerprint density at radius 1 is 1.30 bits per heavy atom. The van der Waals surface area contributed by atoms with Crippen LogP contribution in [0.4, 0.5) is 10.2 Å². The first-order chi connectivity index (χ1) is 9.45. The van der Waals surface area contributed by atoms with Gasteiger partial charge in [-0.3, -0.25) is 4.79 Å². The second-order valence-electron chi connectivity index (χ2n) is 4.35. The van der Waals surface area contributed by atoms with Crippen molar-refractivity contribution in [2.24, 2.45) is 0 Å². The molecule has 2 N–H and O–H groups in total. The number of nitrogens with two attached hydrogens (primary N) is 1. The van der Waals surface area contributed by atoms with Gasteiger partial charge in [-0.2, -0.15) is 0 Å². The van der Waals surface area contributed by atoms with Gasteiger partial charge in [-0.25, -0.2) is 14.4 Å². The lowest BCUT2D eigenvalue weighted by Gasteiger charge is -2.10. The van der Waals surface area contributed by atoms with E-state index in [0.29, 0.717) is 16.5 Å². The van der Waals surface area contributed by atoms with Gasteiger partial charge in [0.2, 0.25) is 0 Å². The van der Waals surface area contributed by atoms with Gasteiger partial charge in [-0.1, -0.05) is 11.8 Å². The molecule has 2 rings (SSSR count). The number of carbonyl (C=O) groups is 1. The van der Waals surface area contributed by atoms with Crippen molar-refractivity contribution in [3.63, 3.8) is 0 Å². The molecule has 4 nitrogen and oxygen atoms in total. The lowest BCUT2D eigenvalue weighted by Crippen LogP contribution is -2.14. The molecule has 0 unspecified atom stereocenters. The highest BCUT2D eigenvalue weighted by molar-refractivity contribution is 8.00. The summed E-state index contributed by atoms with van der Waals surface area (Å²) in [5, 5.41) is 0.0899. The normalized spacial score (nSPS) is 12.2. The Balaban J connectivity index is 2.13. The number of aryl methyl sites for hydroxylation is 1. The van der Waals surface area contributed by atoms with E-state index >= 15 is 0 Å². The molecule has 0 bridgehead atoms. The Bertz CT molecular complexity index is 611. The first-order valence-electron chi connectivity index (χ1n) is 6.03. The molecular formula is C14H14FN3OS. The van der Waals surface area contributed by atoms with Crippen LogP contribution in [0.25, 0.3) is 0 Å². The number of benzene rings is 1. The highest BCUT2D eigenvalue weighted by Gasteiger charge is 2.18. The standard InChI is InChI=1S/C14H14FN3OS/c1-8-7-12(16)18-14(17-8)20-9(2)13(19)10-3-5-11(15)6-4-10/h3-7,9H,1-2H3,(H2,16,17,18)/t9-/m0/s1. The molecule has 6 heteroatoms. The van der Waals surface area contributed by atoms with Gasteiger partial charge >= 0.3 is 0 Å². The van der Waals surface area contributed by atoms with E-state index in [9.17, 15) is 9.18 Å². The van der Waals surface area contributed by atoms with Gasteiger partial charge in [0.15, 0.2) is 10.9 Å². The molecule has 104 valence electrons. The number of ketones is 1. The van der Waals surface area contributed by atoms with Crippen LogP contribution in [-0.4, -0.2) is 21.0 Å². The zero-order chi connectivity index (χ0) is 14.7. The first kappa shape index (κ1) is 14.5. The number of Topliss-reactive ketones (excluding diaryl/α,β-unsaturated/α-hetero) is 1. The SMILES string of the molecule is Cc1cc(N)nc(S[C@@H](C)C(=O)c2ccc(F)cc2)n1. The van der Waals surface area contributed by atoms with Crippen molar-refractivity contribution in [2.45, 2.75) is 24.3 Å². The smallest absolute Gasteiger partial charge is 0.190 e. The fourth-order valence-electron chi connectivity index (χ4n) is 1.68. The van der Waals surface area contributed by atoms with E-state index in [0.717, 1.165) is 5.69 Å². The molecule has 1 heterocycles. The predicted octanol–water partition coefficient (Wildman–Crippen LogP) is 2.87. The Hall–Kier alpha value is -1.95. The minimum atomic E-state index is -0.373. The third kappa shape index (κ3) is 3.54. The molecule has 0 fully saturated rings. The molecule has 0 saturated heterocycles. The average molecular weight is 291 g/mol. The Morgan fingerprint density at radius 2 is 1.95 bits per heavy atom. The van der Waals surface area contributed by atoms with Crippen molar-refractivity contribution in [1.29, 1.82) is 0 Å². The van der Waals surface area contributed by atoms with Crippen molar-refractivity contribution >= 4 is 23.4 Å². The number of nitrogen functional groups attached to an aromatic ring is 1. The Morgan fingerprint density at radius 3 is 2.55 bits per heavy atom. The van der Waals surface area contributed by atoms with Crippen molar-refractivity contribution in [1.82, 2.24) is 9.97 Å². The summed E-state index contributed by atoms with van der Waals surface area (Å²) in [6.07, 6.45) is 0. The van der Waals surface area contributed by atoms with Crippen LogP contribution in [-0.2, 0) is 0 Å². The summed E-state index contributed by atoms with van der Waals surface area (Å²) >= 11 is 1.23. The molecule has 0 aliphatic heterocycles. The van der Waals surface area contributed by atoms with E-state index in [4.69, 9.17) is 5.73 Å². The topological polar surface area (TPSA) is 68.9 Å². The number of thioether (sulfide) groups is 1. The van der Waals surface area contributed by atoms with E-state index in [2.05, 4.69) is 9.97 Å². The molecule has 1 aromatic carbocycles. The van der Waals surface area contributed by atoms with Crippen LogP contribution in [0, 0.1) is 12.7 Å². The molecular weight excluding hydrogens is 277 g/mol. The van der Waals surface area contributed by atoms with E-state index in [1.54, 1.807) is 13.0 Å². The monoisotopic (exact) mass is 291 g/mol. The first-order valence-corrected chi connectivity index (χ1v) is 6.91. The lowest BCUT2D eigenvalue weighted by atomic mass is 10.1. The van der Waals surface area contributed by atoms with E-state index in [1.807, 2.05) is 6.92 Å². The van der Waals surface area contributed by atoms with Crippen molar-refractivity contribution < 1.29 is 9.18 Å². The Labute approximate surface area is 120 Å². The zero-order valence-corrected chi connectivity index (χ0v) is 11.9. The number of hydrogen-bond acceptors (Lipinski definition) is 5. The summed E-state index contributed by atoms with van der Waals surface area (Å²) in [6.45, 7) is 3.58. The van der Waals surface area contributed by atoms with Gasteiger partial charge in [0, 0.05) is 17.3 Å². The number of hydrogen-bond donors (Lipinski definition) is 1. The van der Waals surface area contributed by atoms with Gasteiger partial charge < -0.3 is 5.73 Å². The number of carbonyl (C=O) groups excluding carboxylic acids is 1. The molecule has 2 aromatic rings. The number of halogens is 1. The van der Waals surface area contributed by atoms with Gasteiger partial charge in [0.1, 0.15) is 11.6 Å². The van der Waals surface area contributed by atoms with Crippen LogP contribution in [0.5, 0.6) is 0 Å². The maximum Gasteiger partial charge on any atom is 0.190 e. The molecule has 0 saturated carbocycles. The van der Waals surface area contributed by atoms with E-state index < -0.39 is 0 Å². The maximum absolute atomic E-state index is 12.8. The summed E-state index contributed by atoms with van der Waals surface area (Å²) in [6, 6.07) is 7.15. The van der Waals surface area contributed by atoms with Gasteiger partial charge in [-0.05, 0) is 38.1 Å². The van der Waals surface area contributed by atoms with Crippen LogP contribution in [0.3, 0.4) is 0 Å². The summed E-state index contributed by atoms with van der Waals surface area (Å²) in [5.74, 6) is -0.0863. The molecule has 0 aliphatic rings. The van der Waals surface area contributed by atoms with Crippen molar-refractivity contribution in [2.75, 3.05) is 5.73 Å². The molecule has 1 aromatic heterocycles. The van der Waals surface area contributed by atoms with E-state index in [-0.39, 0.29) is 16.9 Å². The largest absolute Gasteiger partial charge is 0.384 e. The molecule has 0 aliphatic carbocycles. The van der Waals surface area contributed by atoms with Crippen LogP contribution in [0.15, 0.2) is 35.5 Å². The molecule has 0 amide bonds. The van der Waals surface area contributed by atoms with Crippen LogP contribution in [0.1, 0.15) is 23.0 Å². The van der Waals surface area contributed by atoms with Gasteiger partial charge in [0.05, 0.1) is 5.25 Å².